The lowest BCUT2D eigenvalue weighted by Gasteiger charge is -2.37. The van der Waals surface area contributed by atoms with Gasteiger partial charge in [-0.25, -0.2) is 9.59 Å². The second-order valence-corrected chi connectivity index (χ2v) is 12.0. The Morgan fingerprint density at radius 1 is 1.05 bits per heavy atom. The van der Waals surface area contributed by atoms with Gasteiger partial charge < -0.3 is 21.3 Å². The number of benzene rings is 1. The zero-order chi connectivity index (χ0) is 28.6. The number of piperazine rings is 1. The van der Waals surface area contributed by atoms with Gasteiger partial charge in [0, 0.05) is 51.5 Å². The number of urea groups is 1. The molecule has 1 unspecified atom stereocenters. The molecule has 2 saturated heterocycles. The standard InChI is InChI=1S/C29H42N8O3/c1-4-20(36-17-23-22(16-30)24(23)18-36)15-19-5-7-21(8-6-19)37-10-9-25(33-28(37)40)32-27(39)35-13-11-34(12-14-35)26(38)29(2,3)31/h5-10,20,22-24H,4,11-18,30-31H2,1-3H3,(H,32,33,39,40)/t20?,22-,23-,24+. The molecular weight excluding hydrogens is 508 g/mol. The van der Waals surface area contributed by atoms with Crippen LogP contribution in [-0.2, 0) is 11.2 Å². The third-order valence-electron chi connectivity index (χ3n) is 8.79. The first-order valence-corrected chi connectivity index (χ1v) is 14.4. The molecule has 1 aliphatic carbocycles. The SMILES string of the molecule is CCC(Cc1ccc(-n2ccc(NC(=O)N3CCN(C(=O)C(C)(C)N)CC3)nc2=O)cc1)N1C[C@@H]2[C@@H](CN)[C@@H]2C1. The molecule has 2 aromatic rings. The maximum absolute atomic E-state index is 12.8. The van der Waals surface area contributed by atoms with Gasteiger partial charge in [-0.05, 0) is 74.8 Å². The highest BCUT2D eigenvalue weighted by Gasteiger charge is 2.55. The molecule has 1 aromatic carbocycles. The summed E-state index contributed by atoms with van der Waals surface area (Å²) in [4.78, 5) is 47.9. The van der Waals surface area contributed by atoms with Crippen molar-refractivity contribution in [1.29, 1.82) is 0 Å². The Hall–Kier alpha value is -3.28. The van der Waals surface area contributed by atoms with Crippen LogP contribution in [0.5, 0.6) is 0 Å². The van der Waals surface area contributed by atoms with Crippen molar-refractivity contribution in [3.05, 3.63) is 52.6 Å². The van der Waals surface area contributed by atoms with Gasteiger partial charge in [0.1, 0.15) is 5.82 Å². The Kier molecular flexibility index (Phi) is 7.98. The number of nitrogens with one attached hydrogen (secondary N) is 1. The molecule has 3 fully saturated rings. The molecule has 0 bridgehead atoms. The van der Waals surface area contributed by atoms with Gasteiger partial charge >= 0.3 is 11.7 Å². The van der Waals surface area contributed by atoms with E-state index >= 15 is 0 Å². The van der Waals surface area contributed by atoms with Crippen molar-refractivity contribution >= 4 is 17.8 Å². The van der Waals surface area contributed by atoms with Crippen LogP contribution in [0, 0.1) is 17.8 Å². The molecule has 1 saturated carbocycles. The first kappa shape index (κ1) is 28.3. The quantitative estimate of drug-likeness (QED) is 0.447. The van der Waals surface area contributed by atoms with Gasteiger partial charge in [0.05, 0.1) is 11.2 Å². The minimum atomic E-state index is -0.945. The number of aromatic nitrogens is 2. The maximum Gasteiger partial charge on any atom is 0.354 e. The molecule has 2 aliphatic heterocycles. The number of nitrogens with zero attached hydrogens (tertiary/aromatic N) is 5. The van der Waals surface area contributed by atoms with Gasteiger partial charge in [0.15, 0.2) is 0 Å². The number of nitrogens with two attached hydrogens (primary N) is 2. The summed E-state index contributed by atoms with van der Waals surface area (Å²) in [6, 6.07) is 9.82. The van der Waals surface area contributed by atoms with E-state index < -0.39 is 11.2 Å². The van der Waals surface area contributed by atoms with Crippen molar-refractivity contribution in [2.24, 2.45) is 29.2 Å². The number of hydrogen-bond donors (Lipinski definition) is 3. The van der Waals surface area contributed by atoms with E-state index in [9.17, 15) is 14.4 Å². The van der Waals surface area contributed by atoms with Crippen LogP contribution in [0.2, 0.25) is 0 Å². The fraction of sp³-hybridized carbons (Fsp3) is 0.586. The second kappa shape index (κ2) is 11.3. The first-order chi connectivity index (χ1) is 19.1. The summed E-state index contributed by atoms with van der Waals surface area (Å²) in [5, 5.41) is 2.70. The number of anilines is 1. The molecule has 11 nitrogen and oxygen atoms in total. The molecule has 40 heavy (non-hydrogen) atoms. The monoisotopic (exact) mass is 550 g/mol. The fourth-order valence-corrected chi connectivity index (χ4v) is 6.30. The number of amides is 3. The zero-order valence-corrected chi connectivity index (χ0v) is 23.8. The van der Waals surface area contributed by atoms with Crippen molar-refractivity contribution in [2.45, 2.75) is 45.2 Å². The van der Waals surface area contributed by atoms with Crippen LogP contribution in [0.1, 0.15) is 32.8 Å². The number of rotatable bonds is 8. The topological polar surface area (TPSA) is 143 Å². The van der Waals surface area contributed by atoms with Crippen LogP contribution in [-0.4, -0.2) is 93.6 Å². The average molecular weight is 551 g/mol. The summed E-state index contributed by atoms with van der Waals surface area (Å²) < 4.78 is 1.47. The summed E-state index contributed by atoms with van der Waals surface area (Å²) in [5.41, 5.74) is 12.3. The van der Waals surface area contributed by atoms with Crippen LogP contribution in [0.3, 0.4) is 0 Å². The van der Waals surface area contributed by atoms with E-state index in [0.717, 1.165) is 55.9 Å². The molecule has 3 heterocycles. The molecule has 216 valence electrons. The van der Waals surface area contributed by atoms with Crippen LogP contribution in [0.25, 0.3) is 5.69 Å². The number of piperidine rings is 1. The molecule has 3 amide bonds. The lowest BCUT2D eigenvalue weighted by Crippen LogP contribution is -2.58. The van der Waals surface area contributed by atoms with Crippen LogP contribution < -0.4 is 22.5 Å². The van der Waals surface area contributed by atoms with E-state index in [1.54, 1.807) is 35.9 Å². The summed E-state index contributed by atoms with van der Waals surface area (Å²) in [6.45, 7) is 10.3. The summed E-state index contributed by atoms with van der Waals surface area (Å²) in [5.74, 6) is 2.37. The van der Waals surface area contributed by atoms with Gasteiger partial charge in [0.25, 0.3) is 0 Å². The molecule has 5 rings (SSSR count). The van der Waals surface area contributed by atoms with Crippen molar-refractivity contribution in [3.8, 4) is 5.69 Å². The third-order valence-corrected chi connectivity index (χ3v) is 8.79. The maximum atomic E-state index is 12.8. The Bertz CT molecular complexity index is 1270. The Morgan fingerprint density at radius 2 is 1.68 bits per heavy atom. The molecule has 4 atom stereocenters. The smallest absolute Gasteiger partial charge is 0.338 e. The number of carbonyl (C=O) groups excluding carboxylic acids is 2. The van der Waals surface area contributed by atoms with Gasteiger partial charge in [0.2, 0.25) is 5.91 Å². The molecule has 3 aliphatic rings. The number of fused-ring (bicyclic) bond motifs is 1. The van der Waals surface area contributed by atoms with Gasteiger partial charge in [-0.2, -0.15) is 4.98 Å². The molecule has 5 N–H and O–H groups in total. The predicted octanol–water partition coefficient (Wildman–Crippen LogP) is 1.10. The minimum absolute atomic E-state index is 0.139. The van der Waals surface area contributed by atoms with E-state index in [2.05, 4.69) is 34.3 Å². The lowest BCUT2D eigenvalue weighted by atomic mass is 10.0. The predicted molar refractivity (Wildman–Crippen MR) is 154 cm³/mol. The normalized spacial score (nSPS) is 23.6. The first-order valence-electron chi connectivity index (χ1n) is 14.4. The van der Waals surface area contributed by atoms with Crippen molar-refractivity contribution in [1.82, 2.24) is 24.3 Å². The largest absolute Gasteiger partial charge is 0.354 e. The average Bonchev–Trinajstić information content (AvgIpc) is 3.41. The van der Waals surface area contributed by atoms with Crippen molar-refractivity contribution < 1.29 is 9.59 Å². The number of hydrogen-bond acceptors (Lipinski definition) is 7. The molecular formula is C29H42N8O3. The van der Waals surface area contributed by atoms with Crippen LogP contribution in [0.4, 0.5) is 10.6 Å². The Balaban J connectivity index is 1.15. The van der Waals surface area contributed by atoms with Crippen LogP contribution in [0.15, 0.2) is 41.3 Å². The van der Waals surface area contributed by atoms with Crippen LogP contribution >= 0.6 is 0 Å². The van der Waals surface area contributed by atoms with E-state index in [0.29, 0.717) is 32.2 Å². The Labute approximate surface area is 235 Å². The third kappa shape index (κ3) is 5.91. The molecule has 0 spiro atoms. The van der Waals surface area contributed by atoms with E-state index in [1.165, 1.54) is 10.1 Å². The van der Waals surface area contributed by atoms with Crippen molar-refractivity contribution in [3.63, 3.8) is 0 Å². The number of carbonyl (C=O) groups is 2. The van der Waals surface area contributed by atoms with Gasteiger partial charge in [-0.15, -0.1) is 0 Å². The second-order valence-electron chi connectivity index (χ2n) is 12.0. The van der Waals surface area contributed by atoms with E-state index in [-0.39, 0.29) is 17.8 Å². The number of likely N-dealkylation sites (tertiary alicyclic amines) is 1. The highest BCUT2D eigenvalue weighted by Crippen LogP contribution is 2.51. The molecule has 1 aromatic heterocycles. The fourth-order valence-electron chi connectivity index (χ4n) is 6.30. The minimum Gasteiger partial charge on any atom is -0.338 e. The highest BCUT2D eigenvalue weighted by atomic mass is 16.2. The highest BCUT2D eigenvalue weighted by molar-refractivity contribution is 5.89. The molecule has 11 heteroatoms. The summed E-state index contributed by atoms with van der Waals surface area (Å²) in [7, 11) is 0. The van der Waals surface area contributed by atoms with E-state index in [1.807, 2.05) is 12.1 Å². The lowest BCUT2D eigenvalue weighted by molar-refractivity contribution is -0.137. The molecule has 0 radical (unpaired) electrons. The van der Waals surface area contributed by atoms with Gasteiger partial charge in [-0.1, -0.05) is 19.1 Å². The Morgan fingerprint density at radius 3 is 2.23 bits per heavy atom. The zero-order valence-electron chi connectivity index (χ0n) is 23.8. The van der Waals surface area contributed by atoms with Crippen molar-refractivity contribution in [2.75, 3.05) is 51.1 Å². The summed E-state index contributed by atoms with van der Waals surface area (Å²) >= 11 is 0. The van der Waals surface area contributed by atoms with E-state index in [4.69, 9.17) is 11.5 Å². The van der Waals surface area contributed by atoms with Gasteiger partial charge in [-0.3, -0.25) is 19.6 Å². The summed E-state index contributed by atoms with van der Waals surface area (Å²) in [6.07, 6.45) is 3.71.